The Morgan fingerprint density at radius 1 is 1.19 bits per heavy atom. The zero-order valence-electron chi connectivity index (χ0n) is 20.7. The molecule has 0 radical (unpaired) electrons. The molecule has 2 aliphatic rings. The van der Waals surface area contributed by atoms with E-state index in [2.05, 4.69) is 41.9 Å². The Bertz CT molecular complexity index is 1300. The van der Waals surface area contributed by atoms with Gasteiger partial charge in [0.2, 0.25) is 0 Å². The lowest BCUT2D eigenvalue weighted by Crippen LogP contribution is -2.44. The summed E-state index contributed by atoms with van der Waals surface area (Å²) in [4.78, 5) is 18.7. The van der Waals surface area contributed by atoms with Gasteiger partial charge in [0.15, 0.2) is 0 Å². The van der Waals surface area contributed by atoms with Gasteiger partial charge >= 0.3 is 5.97 Å². The summed E-state index contributed by atoms with van der Waals surface area (Å²) in [6, 6.07) is 17.3. The fraction of sp³-hybridized carbons (Fsp3) is 0.333. The van der Waals surface area contributed by atoms with Crippen LogP contribution in [0, 0.1) is 5.41 Å². The molecule has 1 aromatic heterocycles. The summed E-state index contributed by atoms with van der Waals surface area (Å²) in [5.41, 5.74) is 5.42. The van der Waals surface area contributed by atoms with E-state index in [9.17, 15) is 9.90 Å². The van der Waals surface area contributed by atoms with Crippen LogP contribution in [0.3, 0.4) is 0 Å². The Morgan fingerprint density at radius 2 is 2.00 bits per heavy atom. The van der Waals surface area contributed by atoms with Crippen LogP contribution >= 0.6 is 11.6 Å². The number of fused-ring (bicyclic) bond motifs is 2. The number of nitrogens with zero attached hydrogens (tertiary/aromatic N) is 2. The molecule has 3 heterocycles. The first-order chi connectivity index (χ1) is 17.3. The maximum Gasteiger partial charge on any atom is 0.335 e. The SMILES string of the molecule is CC1(C)CN(CC/C=C2/c3cc(C(=O)O)ccc3OCc3ncccc32)CC[C@@H]1c1ccc(Cl)cc1. The molecule has 0 bridgehead atoms. The summed E-state index contributed by atoms with van der Waals surface area (Å²) in [7, 11) is 0. The minimum atomic E-state index is -0.946. The van der Waals surface area contributed by atoms with Crippen molar-refractivity contribution in [2.45, 2.75) is 39.2 Å². The second-order valence-corrected chi connectivity index (χ2v) is 10.8. The summed E-state index contributed by atoms with van der Waals surface area (Å²) in [6.07, 6.45) is 5.95. The smallest absolute Gasteiger partial charge is 0.335 e. The van der Waals surface area contributed by atoms with Crippen LogP contribution < -0.4 is 4.74 Å². The normalized spacial score (nSPS) is 20.2. The Kier molecular flexibility index (Phi) is 6.87. The van der Waals surface area contributed by atoms with Crippen molar-refractivity contribution in [3.63, 3.8) is 0 Å². The zero-order chi connectivity index (χ0) is 25.3. The van der Waals surface area contributed by atoms with Crippen molar-refractivity contribution in [2.75, 3.05) is 19.6 Å². The number of carbonyl (C=O) groups is 1. The number of piperidine rings is 1. The van der Waals surface area contributed by atoms with E-state index in [0.717, 1.165) is 59.9 Å². The highest BCUT2D eigenvalue weighted by Crippen LogP contribution is 2.42. The van der Waals surface area contributed by atoms with Gasteiger partial charge in [-0.25, -0.2) is 4.79 Å². The predicted octanol–water partition coefficient (Wildman–Crippen LogP) is 6.66. The van der Waals surface area contributed by atoms with E-state index >= 15 is 0 Å². The number of aromatic nitrogens is 1. The topological polar surface area (TPSA) is 62.7 Å². The Hall–Kier alpha value is -3.15. The first-order valence-corrected chi connectivity index (χ1v) is 12.8. The van der Waals surface area contributed by atoms with Crippen molar-refractivity contribution in [1.29, 1.82) is 0 Å². The number of hydrogen-bond acceptors (Lipinski definition) is 4. The lowest BCUT2D eigenvalue weighted by Gasteiger charge is -2.44. The predicted molar refractivity (Wildman–Crippen MR) is 143 cm³/mol. The highest BCUT2D eigenvalue weighted by Gasteiger charge is 2.36. The summed E-state index contributed by atoms with van der Waals surface area (Å²) < 4.78 is 6.01. The van der Waals surface area contributed by atoms with Gasteiger partial charge in [0.1, 0.15) is 12.4 Å². The molecule has 1 N–H and O–H groups in total. The number of ether oxygens (including phenoxy) is 1. The van der Waals surface area contributed by atoms with Gasteiger partial charge in [-0.2, -0.15) is 0 Å². The van der Waals surface area contributed by atoms with Crippen molar-refractivity contribution in [3.05, 3.63) is 99.8 Å². The average molecular weight is 503 g/mol. The Morgan fingerprint density at radius 3 is 2.75 bits per heavy atom. The monoisotopic (exact) mass is 502 g/mol. The summed E-state index contributed by atoms with van der Waals surface area (Å²) >= 11 is 6.11. The van der Waals surface area contributed by atoms with E-state index in [1.54, 1.807) is 24.4 Å². The van der Waals surface area contributed by atoms with Gasteiger partial charge in [-0.3, -0.25) is 4.98 Å². The standard InChI is InChI=1S/C30H31ClN2O3/c1-30(2)19-33(16-13-26(30)20-7-10-22(31)11-8-20)15-4-6-23-24-5-3-14-32-27(24)18-36-28-12-9-21(29(34)35)17-25(23)28/h3,5-12,14,17,26H,4,13,15-16,18-19H2,1-2H3,(H,34,35)/b23-6+/t26-/m1/s1. The third-order valence-electron chi connectivity index (χ3n) is 7.44. The molecule has 5 nitrogen and oxygen atoms in total. The van der Waals surface area contributed by atoms with E-state index in [0.29, 0.717) is 18.3 Å². The molecule has 186 valence electrons. The van der Waals surface area contributed by atoms with Crippen LogP contribution in [-0.2, 0) is 6.61 Å². The van der Waals surface area contributed by atoms with Crippen molar-refractivity contribution in [3.8, 4) is 5.75 Å². The van der Waals surface area contributed by atoms with Crippen LogP contribution in [-0.4, -0.2) is 40.6 Å². The highest BCUT2D eigenvalue weighted by molar-refractivity contribution is 6.30. The molecule has 2 aromatic carbocycles. The molecule has 1 atom stereocenters. The van der Waals surface area contributed by atoms with Crippen molar-refractivity contribution < 1.29 is 14.6 Å². The van der Waals surface area contributed by atoms with Gasteiger partial charge in [-0.15, -0.1) is 0 Å². The minimum Gasteiger partial charge on any atom is -0.487 e. The summed E-state index contributed by atoms with van der Waals surface area (Å²) in [5, 5.41) is 10.3. The number of halogens is 1. The number of carboxylic acids is 1. The molecule has 1 saturated heterocycles. The molecule has 0 spiro atoms. The van der Waals surface area contributed by atoms with E-state index in [4.69, 9.17) is 16.3 Å². The highest BCUT2D eigenvalue weighted by atomic mass is 35.5. The van der Waals surface area contributed by atoms with E-state index < -0.39 is 5.97 Å². The van der Waals surface area contributed by atoms with E-state index in [1.165, 1.54) is 5.56 Å². The maximum atomic E-state index is 11.7. The quantitative estimate of drug-likeness (QED) is 0.422. The molecular weight excluding hydrogens is 472 g/mol. The molecule has 2 aliphatic heterocycles. The number of likely N-dealkylation sites (tertiary alicyclic amines) is 1. The summed E-state index contributed by atoms with van der Waals surface area (Å²) in [5.74, 6) is 0.246. The van der Waals surface area contributed by atoms with Gasteiger partial charge in [0, 0.05) is 35.4 Å². The number of aromatic carboxylic acids is 1. The van der Waals surface area contributed by atoms with Gasteiger partial charge < -0.3 is 14.7 Å². The third-order valence-corrected chi connectivity index (χ3v) is 7.69. The molecule has 0 unspecified atom stereocenters. The molecule has 36 heavy (non-hydrogen) atoms. The number of hydrogen-bond donors (Lipinski definition) is 1. The lowest BCUT2D eigenvalue weighted by molar-refractivity contribution is 0.0696. The van der Waals surface area contributed by atoms with Gasteiger partial charge in [-0.05, 0) is 78.3 Å². The van der Waals surface area contributed by atoms with Crippen LogP contribution in [0.5, 0.6) is 5.75 Å². The second-order valence-electron chi connectivity index (χ2n) is 10.4. The average Bonchev–Trinajstić information content (AvgIpc) is 3.01. The van der Waals surface area contributed by atoms with Crippen molar-refractivity contribution in [1.82, 2.24) is 9.88 Å². The lowest BCUT2D eigenvalue weighted by atomic mass is 9.70. The summed E-state index contributed by atoms with van der Waals surface area (Å²) in [6.45, 7) is 8.06. The number of benzene rings is 2. The fourth-order valence-corrected chi connectivity index (χ4v) is 5.80. The van der Waals surface area contributed by atoms with Crippen LogP contribution in [0.2, 0.25) is 5.02 Å². The van der Waals surface area contributed by atoms with Crippen LogP contribution in [0.15, 0.2) is 66.9 Å². The van der Waals surface area contributed by atoms with Crippen LogP contribution in [0.25, 0.3) is 5.57 Å². The molecule has 5 rings (SSSR count). The van der Waals surface area contributed by atoms with E-state index in [-0.39, 0.29) is 11.0 Å². The first-order valence-electron chi connectivity index (χ1n) is 12.4. The Balaban J connectivity index is 1.36. The maximum absolute atomic E-state index is 11.7. The van der Waals surface area contributed by atoms with Gasteiger partial charge in [-0.1, -0.05) is 49.7 Å². The molecular formula is C30H31ClN2O3. The van der Waals surface area contributed by atoms with Crippen LogP contribution in [0.1, 0.15) is 65.3 Å². The Labute approximate surface area is 217 Å². The molecule has 6 heteroatoms. The molecule has 0 amide bonds. The van der Waals surface area contributed by atoms with E-state index in [1.807, 2.05) is 24.3 Å². The minimum absolute atomic E-state index is 0.148. The zero-order valence-corrected chi connectivity index (χ0v) is 21.5. The van der Waals surface area contributed by atoms with Gasteiger partial charge in [0.05, 0.1) is 11.3 Å². The number of rotatable bonds is 5. The van der Waals surface area contributed by atoms with Crippen molar-refractivity contribution >= 4 is 23.1 Å². The molecule has 0 aliphatic carbocycles. The molecule has 3 aromatic rings. The molecule has 1 fully saturated rings. The number of pyridine rings is 1. The largest absolute Gasteiger partial charge is 0.487 e. The third kappa shape index (κ3) is 5.04. The fourth-order valence-electron chi connectivity index (χ4n) is 5.67. The number of carboxylic acid groups (broad SMARTS) is 1. The first kappa shape index (κ1) is 24.5. The second kappa shape index (κ2) is 10.1. The van der Waals surface area contributed by atoms with Gasteiger partial charge in [0.25, 0.3) is 0 Å². The van der Waals surface area contributed by atoms with Crippen LogP contribution in [0.4, 0.5) is 0 Å². The van der Waals surface area contributed by atoms with Crippen molar-refractivity contribution in [2.24, 2.45) is 5.41 Å². The molecule has 0 saturated carbocycles.